The van der Waals surface area contributed by atoms with Gasteiger partial charge in [0.05, 0.1) is 22.3 Å². The van der Waals surface area contributed by atoms with Crippen LogP contribution >= 0.6 is 0 Å². The van der Waals surface area contributed by atoms with Gasteiger partial charge in [0.15, 0.2) is 46.5 Å². The number of nitriles is 6. The smallest absolute Gasteiger partial charge is 0.180 e. The van der Waals surface area contributed by atoms with Gasteiger partial charge in [0.25, 0.3) is 0 Å². The Morgan fingerprint density at radius 1 is 0.429 bits per heavy atom. The highest BCUT2D eigenvalue weighted by Crippen LogP contribution is 2.60. The van der Waals surface area contributed by atoms with Crippen LogP contribution in [0.1, 0.15) is 44.8 Å². The number of allylic oxidation sites excluding steroid dienone is 10. The molecule has 0 atom stereocenters. The molecule has 6 rings (SSSR count). The first-order valence-corrected chi connectivity index (χ1v) is 14.8. The third-order valence-electron chi connectivity index (χ3n) is 8.43. The summed E-state index contributed by atoms with van der Waals surface area (Å²) in [5.41, 5.74) is -20.0. The lowest BCUT2D eigenvalue weighted by Gasteiger charge is -2.17. The van der Waals surface area contributed by atoms with Gasteiger partial charge < -0.3 is 0 Å². The lowest BCUT2D eigenvalue weighted by molar-refractivity contribution is 0.447. The fraction of sp³-hybridized carbons (Fsp3) is 0. The normalized spacial score (nSPS) is 15.1. The summed E-state index contributed by atoms with van der Waals surface area (Å²) < 4.78 is 157. The van der Waals surface area contributed by atoms with Gasteiger partial charge in [-0.3, -0.25) is 0 Å². The van der Waals surface area contributed by atoms with Crippen molar-refractivity contribution in [2.45, 2.75) is 0 Å². The van der Waals surface area contributed by atoms with Crippen molar-refractivity contribution in [3.05, 3.63) is 162 Å². The minimum Gasteiger partial charge on any atom is -0.246 e. The predicted molar refractivity (Wildman–Crippen MR) is 168 cm³/mol. The summed E-state index contributed by atoms with van der Waals surface area (Å²) in [4.78, 5) is 7.36. The van der Waals surface area contributed by atoms with E-state index in [0.29, 0.717) is 0 Å². The van der Waals surface area contributed by atoms with Crippen LogP contribution in [0.25, 0.3) is 22.3 Å². The minimum absolute atomic E-state index is 0.501. The maximum Gasteiger partial charge on any atom is 0.180 e. The lowest BCUT2D eigenvalue weighted by atomic mass is 9.86. The predicted octanol–water partition coefficient (Wildman–Crippen LogP) is 8.42. The number of hydrogen-bond acceptors (Lipinski definition) is 8. The summed E-state index contributed by atoms with van der Waals surface area (Å²) in [6.45, 7) is 0. The van der Waals surface area contributed by atoms with E-state index in [-0.39, 0.29) is 0 Å². The second-order valence-corrected chi connectivity index (χ2v) is 11.2. The Labute approximate surface area is 305 Å². The van der Waals surface area contributed by atoms with Gasteiger partial charge >= 0.3 is 0 Å². The van der Waals surface area contributed by atoms with Crippen molar-refractivity contribution in [2.75, 3.05) is 0 Å². The minimum atomic E-state index is -2.40. The van der Waals surface area contributed by atoms with E-state index in [1.807, 2.05) is 0 Å². The Kier molecular flexibility index (Phi) is 9.30. The molecular formula is C38H6F10N8. The molecule has 0 saturated heterocycles. The number of halogens is 10. The van der Waals surface area contributed by atoms with Crippen molar-refractivity contribution >= 4 is 22.3 Å². The molecule has 0 unspecified atom stereocenters. The maximum atomic E-state index is 17.4. The van der Waals surface area contributed by atoms with Gasteiger partial charge in [0.2, 0.25) is 0 Å². The molecule has 56 heavy (non-hydrogen) atoms. The van der Waals surface area contributed by atoms with Crippen LogP contribution in [-0.4, -0.2) is 9.97 Å². The van der Waals surface area contributed by atoms with Crippen LogP contribution in [0.2, 0.25) is 0 Å². The molecule has 2 aromatic carbocycles. The van der Waals surface area contributed by atoms with E-state index in [0.717, 1.165) is 48.8 Å². The number of pyridine rings is 2. The molecule has 0 saturated carbocycles. The fourth-order valence-corrected chi connectivity index (χ4v) is 6.12. The van der Waals surface area contributed by atoms with Crippen LogP contribution in [-0.2, 0) is 0 Å². The summed E-state index contributed by atoms with van der Waals surface area (Å²) in [5.74, 6) is -22.6. The van der Waals surface area contributed by atoms with Crippen LogP contribution in [0.4, 0.5) is 43.9 Å². The average molecular weight is 765 g/mol. The molecule has 0 radical (unpaired) electrons. The molecule has 2 heterocycles. The third kappa shape index (κ3) is 5.26. The number of aromatic nitrogens is 2. The second-order valence-electron chi connectivity index (χ2n) is 11.2. The van der Waals surface area contributed by atoms with Crippen LogP contribution < -0.4 is 0 Å². The fourth-order valence-electron chi connectivity index (χ4n) is 6.12. The molecule has 0 N–H and O–H groups in total. The Hall–Kier alpha value is -8.32. The molecular weight excluding hydrogens is 758 g/mol. The highest BCUT2D eigenvalue weighted by atomic mass is 19.2. The van der Waals surface area contributed by atoms with Gasteiger partial charge in [0.1, 0.15) is 70.6 Å². The number of rotatable bonds is 4. The second kappa shape index (κ2) is 13.9. The Morgan fingerprint density at radius 3 is 1.02 bits per heavy atom. The number of nitrogens with zero attached hydrogens (tertiary/aromatic N) is 8. The number of hydrogen-bond donors (Lipinski definition) is 0. The summed E-state index contributed by atoms with van der Waals surface area (Å²) in [6.07, 6.45) is 1.73. The van der Waals surface area contributed by atoms with Crippen molar-refractivity contribution in [1.29, 1.82) is 31.6 Å². The Balaban J connectivity index is 1.92. The summed E-state index contributed by atoms with van der Waals surface area (Å²) in [5, 5.41) is 57.8. The zero-order chi connectivity index (χ0) is 40.9. The molecule has 0 fully saturated rings. The highest BCUT2D eigenvalue weighted by Gasteiger charge is 2.47. The van der Waals surface area contributed by atoms with Crippen LogP contribution in [0.3, 0.4) is 0 Å². The van der Waals surface area contributed by atoms with Gasteiger partial charge in [-0.1, -0.05) is 0 Å². The van der Waals surface area contributed by atoms with Gasteiger partial charge in [-0.05, 0) is 35.4 Å². The molecule has 2 aliphatic rings. The molecule has 268 valence electrons. The molecule has 0 bridgehead atoms. The van der Waals surface area contributed by atoms with E-state index in [4.69, 9.17) is 10.5 Å². The number of benzene rings is 2. The van der Waals surface area contributed by atoms with E-state index in [1.54, 1.807) is 12.1 Å². The van der Waals surface area contributed by atoms with Crippen LogP contribution in [0.5, 0.6) is 0 Å². The molecule has 0 aliphatic heterocycles. The highest BCUT2D eigenvalue weighted by molar-refractivity contribution is 6.14. The van der Waals surface area contributed by atoms with Crippen LogP contribution in [0.15, 0.2) is 70.6 Å². The zero-order valence-corrected chi connectivity index (χ0v) is 26.8. The van der Waals surface area contributed by atoms with Gasteiger partial charge in [-0.2, -0.15) is 31.6 Å². The van der Waals surface area contributed by atoms with Crippen LogP contribution in [0, 0.1) is 115 Å². The van der Waals surface area contributed by atoms with Crippen molar-refractivity contribution < 1.29 is 43.9 Å². The van der Waals surface area contributed by atoms with Crippen molar-refractivity contribution in [2.24, 2.45) is 0 Å². The van der Waals surface area contributed by atoms with Gasteiger partial charge in [-0.25, -0.2) is 53.9 Å². The zero-order valence-electron chi connectivity index (χ0n) is 26.8. The molecule has 18 heteroatoms. The monoisotopic (exact) mass is 764 g/mol. The average Bonchev–Trinajstić information content (AvgIpc) is 3.67. The first-order valence-electron chi connectivity index (χ1n) is 14.8. The van der Waals surface area contributed by atoms with E-state index in [9.17, 15) is 38.6 Å². The standard InChI is InChI=1S/C38H6F10N8/c39-29-19(11-53)30(40)36(46)25(35(29)45)17(9-51)23-21(13-1-3-55-15(5-13)7-49)33(43)28-24(22(34(44)27(23)28)14-2-4-56-16(6-14)8-50)18(10-52)26-37(47)31(41)20(12-54)32(42)38(26)48/h1-6H/b23-17-,24-18-. The molecule has 4 aromatic rings. The molecule has 2 aliphatic carbocycles. The topological polar surface area (TPSA) is 169 Å². The molecule has 8 nitrogen and oxygen atoms in total. The molecule has 0 amide bonds. The van der Waals surface area contributed by atoms with Crippen molar-refractivity contribution in [1.82, 2.24) is 9.97 Å². The van der Waals surface area contributed by atoms with Gasteiger partial charge in [0, 0.05) is 45.8 Å². The first-order chi connectivity index (χ1) is 26.7. The Bertz CT molecular complexity index is 2730. The first kappa shape index (κ1) is 37.4. The largest absolute Gasteiger partial charge is 0.246 e. The summed E-state index contributed by atoms with van der Waals surface area (Å²) in [7, 11) is 0. The summed E-state index contributed by atoms with van der Waals surface area (Å²) in [6, 6.07) is 10.8. The van der Waals surface area contributed by atoms with E-state index in [1.165, 1.54) is 12.1 Å². The van der Waals surface area contributed by atoms with Gasteiger partial charge in [-0.15, -0.1) is 0 Å². The molecule has 0 spiro atoms. The SMILES string of the molecule is N#C/C(=C1C2=C(C(F)=C/1c1ccnc(C#N)c1)/C(=C(/C#N)c1c(F)c(F)c(C#N)c(F)c1F)C(c1ccnc(C#N)c1)=C2F)c1c(F)c(F)c(C#N)c(F)c1F. The van der Waals surface area contributed by atoms with E-state index in [2.05, 4.69) is 9.97 Å². The van der Waals surface area contributed by atoms with Crippen molar-refractivity contribution in [3.63, 3.8) is 0 Å². The Morgan fingerprint density at radius 2 is 0.750 bits per heavy atom. The molecule has 2 aromatic heterocycles. The third-order valence-corrected chi connectivity index (χ3v) is 8.43. The maximum absolute atomic E-state index is 17.4. The van der Waals surface area contributed by atoms with E-state index >= 15 is 26.3 Å². The summed E-state index contributed by atoms with van der Waals surface area (Å²) >= 11 is 0. The van der Waals surface area contributed by atoms with E-state index < -0.39 is 148 Å². The van der Waals surface area contributed by atoms with Crippen molar-refractivity contribution in [3.8, 4) is 36.4 Å². The lowest BCUT2D eigenvalue weighted by Crippen LogP contribution is -2.09. The quantitative estimate of drug-likeness (QED) is 0.113.